The largest absolute Gasteiger partial charge is 0.451 e. The Labute approximate surface area is 151 Å². The van der Waals surface area contributed by atoms with Crippen LogP contribution < -0.4 is 5.32 Å². The molecule has 2 rings (SSSR count). The van der Waals surface area contributed by atoms with Crippen molar-refractivity contribution in [2.45, 2.75) is 20.0 Å². The minimum atomic E-state index is -4.43. The smallest absolute Gasteiger partial charge is 0.416 e. The van der Waals surface area contributed by atoms with Gasteiger partial charge in [0.05, 0.1) is 5.56 Å². The van der Waals surface area contributed by atoms with Gasteiger partial charge in [0, 0.05) is 18.7 Å². The molecular formula is C19H23F3N2O2. The summed E-state index contributed by atoms with van der Waals surface area (Å²) < 4.78 is 43.9. The van der Waals surface area contributed by atoms with Crippen LogP contribution in [0, 0.1) is 5.41 Å². The molecule has 1 amide bonds. The van der Waals surface area contributed by atoms with E-state index < -0.39 is 17.6 Å². The number of hydrogen-bond acceptors (Lipinski definition) is 3. The van der Waals surface area contributed by atoms with E-state index in [4.69, 9.17) is 4.42 Å². The Morgan fingerprint density at radius 2 is 1.85 bits per heavy atom. The van der Waals surface area contributed by atoms with Gasteiger partial charge in [0.25, 0.3) is 5.91 Å². The molecule has 0 spiro atoms. The molecule has 4 nitrogen and oxygen atoms in total. The van der Waals surface area contributed by atoms with Crippen LogP contribution in [0.2, 0.25) is 0 Å². The number of amides is 1. The van der Waals surface area contributed by atoms with Crippen LogP contribution in [0.5, 0.6) is 0 Å². The van der Waals surface area contributed by atoms with E-state index in [0.29, 0.717) is 6.54 Å². The molecule has 0 radical (unpaired) electrons. The molecule has 0 unspecified atom stereocenters. The average molecular weight is 368 g/mol. The van der Waals surface area contributed by atoms with Crippen molar-refractivity contribution in [1.29, 1.82) is 0 Å². The third kappa shape index (κ3) is 5.36. The SMILES string of the molecule is CN(C)CC(C)(C)CNC(=O)c1ccc(-c2cccc(C(F)(F)F)c2)o1. The van der Waals surface area contributed by atoms with Gasteiger partial charge in [0.15, 0.2) is 5.76 Å². The van der Waals surface area contributed by atoms with Crippen molar-refractivity contribution in [2.75, 3.05) is 27.2 Å². The molecule has 142 valence electrons. The van der Waals surface area contributed by atoms with Crippen molar-refractivity contribution in [3.63, 3.8) is 0 Å². The number of rotatable bonds is 6. The molecular weight excluding hydrogens is 345 g/mol. The van der Waals surface area contributed by atoms with Gasteiger partial charge in [-0.2, -0.15) is 13.2 Å². The minimum Gasteiger partial charge on any atom is -0.451 e. The fraction of sp³-hybridized carbons (Fsp3) is 0.421. The maximum atomic E-state index is 12.8. The monoisotopic (exact) mass is 368 g/mol. The molecule has 1 aromatic carbocycles. The Morgan fingerprint density at radius 1 is 1.15 bits per heavy atom. The van der Waals surface area contributed by atoms with Crippen molar-refractivity contribution < 1.29 is 22.4 Å². The Kier molecular flexibility index (Phi) is 5.81. The lowest BCUT2D eigenvalue weighted by Gasteiger charge is -2.28. The van der Waals surface area contributed by atoms with Crippen LogP contribution in [-0.4, -0.2) is 38.0 Å². The van der Waals surface area contributed by atoms with Gasteiger partial charge >= 0.3 is 6.18 Å². The first-order chi connectivity index (χ1) is 12.0. The number of benzene rings is 1. The second kappa shape index (κ2) is 7.53. The number of furan rings is 1. The second-order valence-corrected chi connectivity index (χ2v) is 7.33. The van der Waals surface area contributed by atoms with Gasteiger partial charge in [-0.3, -0.25) is 4.79 Å². The van der Waals surface area contributed by atoms with Gasteiger partial charge in [-0.1, -0.05) is 26.0 Å². The Morgan fingerprint density at radius 3 is 2.46 bits per heavy atom. The van der Waals surface area contributed by atoms with Crippen molar-refractivity contribution in [1.82, 2.24) is 10.2 Å². The summed E-state index contributed by atoms with van der Waals surface area (Å²) in [7, 11) is 3.91. The Balaban J connectivity index is 2.09. The zero-order valence-corrected chi connectivity index (χ0v) is 15.3. The van der Waals surface area contributed by atoms with Gasteiger partial charge in [-0.05, 0) is 43.8 Å². The maximum absolute atomic E-state index is 12.8. The highest BCUT2D eigenvalue weighted by Crippen LogP contribution is 2.32. The standard InChI is InChI=1S/C19H23F3N2O2/c1-18(2,12-24(3)4)11-23-17(25)16-9-8-15(26-16)13-6-5-7-14(10-13)19(20,21)22/h5-10H,11-12H2,1-4H3,(H,23,25). The zero-order valence-electron chi connectivity index (χ0n) is 15.3. The number of halogens is 3. The molecule has 1 heterocycles. The average Bonchev–Trinajstić information content (AvgIpc) is 3.01. The van der Waals surface area contributed by atoms with Crippen LogP contribution in [0.1, 0.15) is 30.0 Å². The predicted molar refractivity (Wildman–Crippen MR) is 93.8 cm³/mol. The minimum absolute atomic E-state index is 0.0677. The number of nitrogens with zero attached hydrogens (tertiary/aromatic N) is 1. The molecule has 0 aliphatic carbocycles. The molecule has 0 saturated carbocycles. The second-order valence-electron chi connectivity index (χ2n) is 7.33. The molecule has 1 N–H and O–H groups in total. The molecule has 0 atom stereocenters. The number of alkyl halides is 3. The van der Waals surface area contributed by atoms with Crippen LogP contribution in [0.3, 0.4) is 0 Å². The maximum Gasteiger partial charge on any atom is 0.416 e. The van der Waals surface area contributed by atoms with E-state index in [0.717, 1.165) is 18.7 Å². The number of hydrogen-bond donors (Lipinski definition) is 1. The summed E-state index contributed by atoms with van der Waals surface area (Å²) in [5, 5.41) is 2.81. The van der Waals surface area contributed by atoms with Crippen LogP contribution in [-0.2, 0) is 6.18 Å². The van der Waals surface area contributed by atoms with E-state index in [1.54, 1.807) is 0 Å². The summed E-state index contributed by atoms with van der Waals surface area (Å²) >= 11 is 0. The van der Waals surface area contributed by atoms with Gasteiger partial charge in [0.2, 0.25) is 0 Å². The predicted octanol–water partition coefficient (Wildman–Crippen LogP) is 4.28. The van der Waals surface area contributed by atoms with E-state index in [-0.39, 0.29) is 22.5 Å². The van der Waals surface area contributed by atoms with Gasteiger partial charge < -0.3 is 14.6 Å². The summed E-state index contributed by atoms with van der Waals surface area (Å²) in [6.45, 7) is 5.30. The third-order valence-corrected chi connectivity index (χ3v) is 3.78. The molecule has 0 saturated heterocycles. The first kappa shape index (κ1) is 20.0. The zero-order chi connectivity index (χ0) is 19.5. The van der Waals surface area contributed by atoms with Crippen molar-refractivity contribution in [3.8, 4) is 11.3 Å². The number of carbonyl (C=O) groups excluding carboxylic acids is 1. The molecule has 26 heavy (non-hydrogen) atoms. The lowest BCUT2D eigenvalue weighted by Crippen LogP contribution is -2.39. The Bertz CT molecular complexity index is 764. The molecule has 1 aromatic heterocycles. The first-order valence-corrected chi connectivity index (χ1v) is 8.18. The molecule has 2 aromatic rings. The highest BCUT2D eigenvalue weighted by atomic mass is 19.4. The van der Waals surface area contributed by atoms with Crippen LogP contribution in [0.15, 0.2) is 40.8 Å². The molecule has 0 bridgehead atoms. The van der Waals surface area contributed by atoms with Gasteiger partial charge in [-0.25, -0.2) is 0 Å². The number of nitrogens with one attached hydrogen (secondary N) is 1. The first-order valence-electron chi connectivity index (χ1n) is 8.18. The highest BCUT2D eigenvalue weighted by Gasteiger charge is 2.30. The van der Waals surface area contributed by atoms with E-state index in [1.165, 1.54) is 24.3 Å². The fourth-order valence-corrected chi connectivity index (χ4v) is 2.78. The summed E-state index contributed by atoms with van der Waals surface area (Å²) in [6, 6.07) is 7.77. The van der Waals surface area contributed by atoms with E-state index in [9.17, 15) is 18.0 Å². The summed E-state index contributed by atoms with van der Waals surface area (Å²) in [6.07, 6.45) is -4.43. The molecule has 0 aliphatic heterocycles. The van der Waals surface area contributed by atoms with Crippen molar-refractivity contribution in [2.24, 2.45) is 5.41 Å². The van der Waals surface area contributed by atoms with Crippen molar-refractivity contribution in [3.05, 3.63) is 47.7 Å². The van der Waals surface area contributed by atoms with Crippen LogP contribution in [0.25, 0.3) is 11.3 Å². The van der Waals surface area contributed by atoms with E-state index >= 15 is 0 Å². The molecule has 0 aliphatic rings. The third-order valence-electron chi connectivity index (χ3n) is 3.78. The normalized spacial score (nSPS) is 12.5. The lowest BCUT2D eigenvalue weighted by molar-refractivity contribution is -0.137. The van der Waals surface area contributed by atoms with E-state index in [1.807, 2.05) is 32.8 Å². The highest BCUT2D eigenvalue weighted by molar-refractivity contribution is 5.92. The summed E-state index contributed by atoms with van der Waals surface area (Å²) in [5.74, 6) is -0.109. The lowest BCUT2D eigenvalue weighted by atomic mass is 9.93. The number of carbonyl (C=O) groups is 1. The topological polar surface area (TPSA) is 45.5 Å². The molecule has 7 heteroatoms. The summed E-state index contributed by atoms with van der Waals surface area (Å²) in [4.78, 5) is 14.3. The van der Waals surface area contributed by atoms with E-state index in [2.05, 4.69) is 5.32 Å². The summed E-state index contributed by atoms with van der Waals surface area (Å²) in [5.41, 5.74) is -0.620. The van der Waals surface area contributed by atoms with Crippen LogP contribution >= 0.6 is 0 Å². The van der Waals surface area contributed by atoms with Crippen LogP contribution in [0.4, 0.5) is 13.2 Å². The Hall–Kier alpha value is -2.28. The quantitative estimate of drug-likeness (QED) is 0.828. The van der Waals surface area contributed by atoms with Crippen molar-refractivity contribution >= 4 is 5.91 Å². The molecule has 0 fully saturated rings. The van der Waals surface area contributed by atoms with Gasteiger partial charge in [-0.15, -0.1) is 0 Å². The fourth-order valence-electron chi connectivity index (χ4n) is 2.78. The van der Waals surface area contributed by atoms with Gasteiger partial charge in [0.1, 0.15) is 5.76 Å².